The summed E-state index contributed by atoms with van der Waals surface area (Å²) in [7, 11) is 0. The van der Waals surface area contributed by atoms with Crippen molar-refractivity contribution in [2.75, 3.05) is 6.54 Å². The molecule has 1 saturated carbocycles. The number of aromatic nitrogens is 3. The molecule has 1 atom stereocenters. The van der Waals surface area contributed by atoms with Gasteiger partial charge in [0.05, 0.1) is 11.9 Å². The van der Waals surface area contributed by atoms with Gasteiger partial charge >= 0.3 is 0 Å². The van der Waals surface area contributed by atoms with Crippen molar-refractivity contribution in [1.29, 1.82) is 0 Å². The van der Waals surface area contributed by atoms with Crippen molar-refractivity contribution < 1.29 is 4.79 Å². The number of nitrogens with zero attached hydrogens (tertiary/aromatic N) is 3. The van der Waals surface area contributed by atoms with Crippen molar-refractivity contribution in [3.63, 3.8) is 0 Å². The predicted molar refractivity (Wildman–Crippen MR) is 73.9 cm³/mol. The van der Waals surface area contributed by atoms with Gasteiger partial charge in [-0.25, -0.2) is 4.98 Å². The Kier molecular flexibility index (Phi) is 2.58. The van der Waals surface area contributed by atoms with Gasteiger partial charge in [-0.15, -0.1) is 0 Å². The van der Waals surface area contributed by atoms with Crippen LogP contribution in [0.1, 0.15) is 31.0 Å². The second-order valence-corrected chi connectivity index (χ2v) is 5.60. The van der Waals surface area contributed by atoms with E-state index in [1.54, 1.807) is 6.20 Å². The normalized spacial score (nSPS) is 22.5. The van der Waals surface area contributed by atoms with Crippen molar-refractivity contribution in [3.8, 4) is 11.3 Å². The molecule has 2 aliphatic rings. The molecular weight excluding hydrogens is 252 g/mol. The third kappa shape index (κ3) is 1.99. The number of nitrogens with one attached hydrogen (secondary N) is 1. The fraction of sp³-hybridized carbons (Fsp3) is 0.400. The molecule has 5 nitrogen and oxygen atoms in total. The minimum atomic E-state index is 0.202. The van der Waals surface area contributed by atoms with E-state index in [9.17, 15) is 4.79 Å². The molecule has 2 fully saturated rings. The number of pyridine rings is 1. The fourth-order valence-electron chi connectivity index (χ4n) is 2.87. The van der Waals surface area contributed by atoms with Crippen LogP contribution in [0.4, 0.5) is 0 Å². The first-order chi connectivity index (χ1) is 9.81. The van der Waals surface area contributed by atoms with Gasteiger partial charge in [-0.3, -0.25) is 9.78 Å². The standard InChI is InChI=1S/C15H16N4O/c20-14-6-11(9-19(14)12-3-4-12)15-17-8-13(18-15)10-2-1-5-16-7-10/h1-2,5,7-8,11-12H,3-4,6,9H2,(H,17,18)/t11-/m0/s1. The van der Waals surface area contributed by atoms with Gasteiger partial charge in [0, 0.05) is 42.9 Å². The molecule has 2 aromatic heterocycles. The van der Waals surface area contributed by atoms with E-state index in [2.05, 4.69) is 15.0 Å². The zero-order chi connectivity index (χ0) is 13.5. The summed E-state index contributed by atoms with van der Waals surface area (Å²) in [5.74, 6) is 1.39. The van der Waals surface area contributed by atoms with Gasteiger partial charge in [0.15, 0.2) is 0 Å². The molecular formula is C15H16N4O. The molecule has 1 amide bonds. The van der Waals surface area contributed by atoms with Gasteiger partial charge in [0.25, 0.3) is 0 Å². The minimum Gasteiger partial charge on any atom is -0.342 e. The molecule has 1 saturated heterocycles. The highest BCUT2D eigenvalue weighted by Gasteiger charge is 2.40. The van der Waals surface area contributed by atoms with E-state index >= 15 is 0 Å². The highest BCUT2D eigenvalue weighted by Crippen LogP contribution is 2.36. The molecule has 1 aliphatic carbocycles. The first kappa shape index (κ1) is 11.6. The smallest absolute Gasteiger partial charge is 0.223 e. The molecule has 0 unspecified atom stereocenters. The molecule has 0 spiro atoms. The van der Waals surface area contributed by atoms with Crippen molar-refractivity contribution in [2.45, 2.75) is 31.2 Å². The zero-order valence-corrected chi connectivity index (χ0v) is 11.1. The number of carbonyl (C=O) groups is 1. The first-order valence-corrected chi connectivity index (χ1v) is 7.06. The largest absolute Gasteiger partial charge is 0.342 e. The van der Waals surface area contributed by atoms with Gasteiger partial charge < -0.3 is 9.88 Å². The molecule has 102 valence electrons. The number of rotatable bonds is 3. The molecule has 2 aromatic rings. The second-order valence-electron chi connectivity index (χ2n) is 5.60. The van der Waals surface area contributed by atoms with Crippen LogP contribution in [0.15, 0.2) is 30.7 Å². The fourth-order valence-corrected chi connectivity index (χ4v) is 2.87. The van der Waals surface area contributed by atoms with Gasteiger partial charge in [-0.1, -0.05) is 0 Å². The van der Waals surface area contributed by atoms with Crippen LogP contribution in [0.5, 0.6) is 0 Å². The summed E-state index contributed by atoms with van der Waals surface area (Å²) in [6, 6.07) is 4.41. The molecule has 4 rings (SSSR count). The van der Waals surface area contributed by atoms with E-state index in [0.29, 0.717) is 12.5 Å². The number of carbonyl (C=O) groups excluding carboxylic acids is 1. The van der Waals surface area contributed by atoms with Crippen LogP contribution < -0.4 is 0 Å². The Morgan fingerprint density at radius 1 is 1.30 bits per heavy atom. The second kappa shape index (κ2) is 4.44. The minimum absolute atomic E-state index is 0.202. The Hall–Kier alpha value is -2.17. The maximum Gasteiger partial charge on any atom is 0.223 e. The summed E-state index contributed by atoms with van der Waals surface area (Å²) >= 11 is 0. The third-order valence-corrected chi connectivity index (χ3v) is 4.10. The molecule has 1 aliphatic heterocycles. The lowest BCUT2D eigenvalue weighted by atomic mass is 10.1. The average molecular weight is 268 g/mol. The topological polar surface area (TPSA) is 61.9 Å². The quantitative estimate of drug-likeness (QED) is 0.925. The van der Waals surface area contributed by atoms with Gasteiger partial charge in [-0.05, 0) is 25.0 Å². The number of likely N-dealkylation sites (tertiary alicyclic amines) is 1. The van der Waals surface area contributed by atoms with Gasteiger partial charge in [0.2, 0.25) is 5.91 Å². The van der Waals surface area contributed by atoms with E-state index in [1.165, 1.54) is 0 Å². The maximum absolute atomic E-state index is 12.0. The maximum atomic E-state index is 12.0. The summed E-state index contributed by atoms with van der Waals surface area (Å²) in [4.78, 5) is 25.9. The van der Waals surface area contributed by atoms with Crippen LogP contribution in [0.25, 0.3) is 11.3 Å². The lowest BCUT2D eigenvalue weighted by molar-refractivity contribution is -0.128. The van der Waals surface area contributed by atoms with Crippen LogP contribution in [-0.2, 0) is 4.79 Å². The van der Waals surface area contributed by atoms with E-state index in [4.69, 9.17) is 0 Å². The van der Waals surface area contributed by atoms with Crippen molar-refractivity contribution in [3.05, 3.63) is 36.5 Å². The van der Waals surface area contributed by atoms with Crippen molar-refractivity contribution in [2.24, 2.45) is 0 Å². The van der Waals surface area contributed by atoms with Crippen LogP contribution >= 0.6 is 0 Å². The number of aromatic amines is 1. The Morgan fingerprint density at radius 2 is 2.20 bits per heavy atom. The van der Waals surface area contributed by atoms with Crippen LogP contribution in [0.2, 0.25) is 0 Å². The lowest BCUT2D eigenvalue weighted by Gasteiger charge is -2.14. The zero-order valence-electron chi connectivity index (χ0n) is 11.1. The predicted octanol–water partition coefficient (Wildman–Crippen LogP) is 1.95. The van der Waals surface area contributed by atoms with E-state index < -0.39 is 0 Å². The van der Waals surface area contributed by atoms with Crippen LogP contribution in [0.3, 0.4) is 0 Å². The average Bonchev–Trinajstić information content (AvgIpc) is 3.06. The number of amides is 1. The molecule has 0 aromatic carbocycles. The van der Waals surface area contributed by atoms with Crippen LogP contribution in [-0.4, -0.2) is 38.3 Å². The Morgan fingerprint density at radius 3 is 2.95 bits per heavy atom. The molecule has 0 radical (unpaired) electrons. The highest BCUT2D eigenvalue weighted by molar-refractivity contribution is 5.80. The monoisotopic (exact) mass is 268 g/mol. The number of hydrogen-bond acceptors (Lipinski definition) is 3. The number of hydrogen-bond donors (Lipinski definition) is 1. The van der Waals surface area contributed by atoms with Gasteiger partial charge in [0.1, 0.15) is 5.82 Å². The third-order valence-electron chi connectivity index (χ3n) is 4.10. The Labute approximate surface area is 117 Å². The van der Waals surface area contributed by atoms with E-state index in [1.807, 2.05) is 29.4 Å². The van der Waals surface area contributed by atoms with Crippen molar-refractivity contribution in [1.82, 2.24) is 19.9 Å². The molecule has 5 heteroatoms. The molecule has 3 heterocycles. The van der Waals surface area contributed by atoms with Crippen molar-refractivity contribution >= 4 is 5.91 Å². The van der Waals surface area contributed by atoms with Crippen LogP contribution in [0, 0.1) is 0 Å². The summed E-state index contributed by atoms with van der Waals surface area (Å²) in [5.41, 5.74) is 1.99. The number of imidazole rings is 1. The summed E-state index contributed by atoms with van der Waals surface area (Å²) in [5, 5.41) is 0. The Bertz CT molecular complexity index is 632. The Balaban J connectivity index is 1.55. The lowest BCUT2D eigenvalue weighted by Crippen LogP contribution is -2.27. The van der Waals surface area contributed by atoms with Gasteiger partial charge in [-0.2, -0.15) is 0 Å². The highest BCUT2D eigenvalue weighted by atomic mass is 16.2. The first-order valence-electron chi connectivity index (χ1n) is 7.06. The van der Waals surface area contributed by atoms with E-state index in [0.717, 1.165) is 36.5 Å². The molecule has 20 heavy (non-hydrogen) atoms. The summed E-state index contributed by atoms with van der Waals surface area (Å²) in [6.07, 6.45) is 8.31. The summed E-state index contributed by atoms with van der Waals surface area (Å²) < 4.78 is 0. The molecule has 0 bridgehead atoms. The summed E-state index contributed by atoms with van der Waals surface area (Å²) in [6.45, 7) is 0.809. The molecule has 1 N–H and O–H groups in total. The van der Waals surface area contributed by atoms with E-state index in [-0.39, 0.29) is 11.8 Å². The number of H-pyrrole nitrogens is 1. The SMILES string of the molecule is O=C1C[C@H](c2ncc(-c3cccnc3)[nH]2)CN1C1CC1.